The molecule has 2 aromatic carbocycles. The highest BCUT2D eigenvalue weighted by molar-refractivity contribution is 7.90. The van der Waals surface area contributed by atoms with Crippen LogP contribution in [0.2, 0.25) is 0 Å². The highest BCUT2D eigenvalue weighted by Crippen LogP contribution is 2.24. The number of aromatic nitrogens is 3. The number of aryl methyl sites for hydroxylation is 3. The van der Waals surface area contributed by atoms with E-state index in [1.54, 1.807) is 19.2 Å². The highest BCUT2D eigenvalue weighted by atomic mass is 32.2. The van der Waals surface area contributed by atoms with Crippen molar-refractivity contribution in [2.45, 2.75) is 45.1 Å². The first-order valence-corrected chi connectivity index (χ1v) is 13.6. The maximum Gasteiger partial charge on any atom is 0.331 e. The van der Waals surface area contributed by atoms with E-state index in [0.29, 0.717) is 19.5 Å². The molecular formula is C27H32N6O3S. The fraction of sp³-hybridized carbons (Fsp3) is 0.296. The number of carbonyl (C=O) groups excluding carboxylic acids is 1. The first kappa shape index (κ1) is 26.3. The number of likely N-dealkylation sites (N-methyl/N-ethyl adjacent to an activating group) is 1. The van der Waals surface area contributed by atoms with Crippen LogP contribution < -0.4 is 10.5 Å². The number of fused-ring (bicyclic) bond motifs is 1. The normalized spacial score (nSPS) is 11.6. The Morgan fingerprint density at radius 2 is 1.68 bits per heavy atom. The molecule has 9 nitrogen and oxygen atoms in total. The van der Waals surface area contributed by atoms with Crippen molar-refractivity contribution >= 4 is 27.2 Å². The number of nitrogens with zero attached hydrogens (tertiary/aromatic N) is 4. The van der Waals surface area contributed by atoms with Crippen molar-refractivity contribution in [3.63, 3.8) is 0 Å². The van der Waals surface area contributed by atoms with E-state index in [2.05, 4.69) is 16.2 Å². The maximum atomic E-state index is 12.6. The molecule has 0 saturated heterocycles. The van der Waals surface area contributed by atoms with Crippen molar-refractivity contribution in [2.24, 2.45) is 5.73 Å². The third-order valence-corrected chi connectivity index (χ3v) is 7.62. The van der Waals surface area contributed by atoms with Crippen LogP contribution in [-0.2, 0) is 29.4 Å². The van der Waals surface area contributed by atoms with Gasteiger partial charge in [0.25, 0.3) is 10.0 Å². The van der Waals surface area contributed by atoms with Crippen LogP contribution in [0.3, 0.4) is 0 Å². The van der Waals surface area contributed by atoms with Crippen molar-refractivity contribution in [1.82, 2.24) is 24.2 Å². The van der Waals surface area contributed by atoms with E-state index in [-0.39, 0.29) is 4.90 Å². The zero-order valence-electron chi connectivity index (χ0n) is 21.5. The summed E-state index contributed by atoms with van der Waals surface area (Å²) in [6.45, 7) is 6.76. The second-order valence-corrected chi connectivity index (χ2v) is 10.7. The number of benzene rings is 2. The van der Waals surface area contributed by atoms with Crippen LogP contribution in [0.1, 0.15) is 35.1 Å². The van der Waals surface area contributed by atoms with E-state index in [1.807, 2.05) is 44.2 Å². The Hall–Kier alpha value is -3.76. The van der Waals surface area contributed by atoms with Gasteiger partial charge in [-0.3, -0.25) is 4.57 Å². The number of hydrogen-bond acceptors (Lipinski definition) is 6. The molecule has 4 aromatic rings. The van der Waals surface area contributed by atoms with E-state index >= 15 is 0 Å². The van der Waals surface area contributed by atoms with Gasteiger partial charge < -0.3 is 10.6 Å². The molecule has 0 spiro atoms. The Labute approximate surface area is 217 Å². The Bertz CT molecular complexity index is 1530. The van der Waals surface area contributed by atoms with Gasteiger partial charge in [-0.15, -0.1) is 0 Å². The third-order valence-electron chi connectivity index (χ3n) is 6.29. The lowest BCUT2D eigenvalue weighted by atomic mass is 10.1. The van der Waals surface area contributed by atoms with Gasteiger partial charge in [0, 0.05) is 37.9 Å². The molecule has 4 rings (SSSR count). The van der Waals surface area contributed by atoms with Gasteiger partial charge in [0.15, 0.2) is 5.65 Å². The Morgan fingerprint density at radius 1 is 1.03 bits per heavy atom. The van der Waals surface area contributed by atoms with Crippen LogP contribution in [0.4, 0.5) is 4.79 Å². The maximum absolute atomic E-state index is 12.6. The number of imidazole rings is 1. The molecule has 2 aromatic heterocycles. The van der Waals surface area contributed by atoms with Crippen molar-refractivity contribution in [3.8, 4) is 5.69 Å². The predicted octanol–water partition coefficient (Wildman–Crippen LogP) is 3.63. The molecule has 2 amide bonds. The van der Waals surface area contributed by atoms with E-state index in [4.69, 9.17) is 15.7 Å². The van der Waals surface area contributed by atoms with E-state index in [9.17, 15) is 13.2 Å². The second-order valence-electron chi connectivity index (χ2n) is 9.07. The summed E-state index contributed by atoms with van der Waals surface area (Å²) in [6, 6.07) is 15.5. The summed E-state index contributed by atoms with van der Waals surface area (Å²) in [5.74, 6) is 0.944. The Kier molecular flexibility index (Phi) is 7.60. The smallest absolute Gasteiger partial charge is 0.327 e. The van der Waals surface area contributed by atoms with E-state index in [0.717, 1.165) is 51.5 Å². The molecule has 0 aliphatic rings. The van der Waals surface area contributed by atoms with Gasteiger partial charge in [0.05, 0.1) is 4.90 Å². The van der Waals surface area contributed by atoms with Crippen LogP contribution in [0.15, 0.2) is 59.5 Å². The molecule has 3 N–H and O–H groups in total. The van der Waals surface area contributed by atoms with Crippen molar-refractivity contribution in [3.05, 3.63) is 82.8 Å². The molecule has 194 valence electrons. The molecule has 2 heterocycles. The minimum Gasteiger partial charge on any atom is -0.327 e. The van der Waals surface area contributed by atoms with Crippen LogP contribution in [0.25, 0.3) is 16.9 Å². The average molecular weight is 521 g/mol. The molecule has 37 heavy (non-hydrogen) atoms. The minimum absolute atomic E-state index is 0.0143. The first-order chi connectivity index (χ1) is 17.6. The monoisotopic (exact) mass is 520 g/mol. The molecular weight excluding hydrogens is 488 g/mol. The number of amides is 2. The van der Waals surface area contributed by atoms with E-state index in [1.165, 1.54) is 17.0 Å². The Balaban J connectivity index is 1.43. The average Bonchev–Trinajstić information content (AvgIpc) is 3.26. The summed E-state index contributed by atoms with van der Waals surface area (Å²) >= 11 is 0. The third kappa shape index (κ3) is 5.65. The number of sulfonamides is 1. The number of rotatable bonds is 8. The predicted molar refractivity (Wildman–Crippen MR) is 144 cm³/mol. The van der Waals surface area contributed by atoms with Gasteiger partial charge in [-0.1, -0.05) is 31.2 Å². The number of urea groups is 1. The molecule has 0 aliphatic carbocycles. The number of nitrogens with one attached hydrogen (secondary N) is 1. The summed E-state index contributed by atoms with van der Waals surface area (Å²) in [6.07, 6.45) is 1.34. The van der Waals surface area contributed by atoms with Crippen LogP contribution in [-0.4, -0.2) is 47.5 Å². The summed E-state index contributed by atoms with van der Waals surface area (Å²) < 4.78 is 29.3. The number of hydrogen-bond donors (Lipinski definition) is 2. The van der Waals surface area contributed by atoms with Crippen molar-refractivity contribution < 1.29 is 13.2 Å². The molecule has 0 atom stereocenters. The molecule has 10 heteroatoms. The number of nitrogens with two attached hydrogens (primary N) is 1. The van der Waals surface area contributed by atoms with Crippen LogP contribution in [0.5, 0.6) is 0 Å². The highest BCUT2D eigenvalue weighted by Gasteiger charge is 2.20. The molecule has 0 aliphatic heterocycles. The van der Waals surface area contributed by atoms with Crippen molar-refractivity contribution in [1.29, 1.82) is 0 Å². The quantitative estimate of drug-likeness (QED) is 0.366. The molecule has 0 unspecified atom stereocenters. The molecule has 0 fully saturated rings. The molecule has 0 saturated carbocycles. The summed E-state index contributed by atoms with van der Waals surface area (Å²) in [5, 5.41) is 0. The van der Waals surface area contributed by atoms with Gasteiger partial charge >= 0.3 is 6.03 Å². The van der Waals surface area contributed by atoms with Crippen LogP contribution >= 0.6 is 0 Å². The first-order valence-electron chi connectivity index (χ1n) is 12.1. The number of carbonyl (C=O) groups is 1. The van der Waals surface area contributed by atoms with Gasteiger partial charge in [-0.25, -0.2) is 27.9 Å². The van der Waals surface area contributed by atoms with Gasteiger partial charge in [-0.05, 0) is 67.3 Å². The summed E-state index contributed by atoms with van der Waals surface area (Å²) in [4.78, 5) is 23.4. The molecule has 0 radical (unpaired) electrons. The lowest BCUT2D eigenvalue weighted by Crippen LogP contribution is -2.41. The van der Waals surface area contributed by atoms with Gasteiger partial charge in [0.2, 0.25) is 0 Å². The van der Waals surface area contributed by atoms with E-state index < -0.39 is 16.1 Å². The SMILES string of the molecule is CCc1nc2c(C)cc(C)nc2n1-c1ccc(CCN(C)C(=O)NS(=O)(=O)c2ccc(CN)cc2)cc1. The zero-order chi connectivity index (χ0) is 26.7. The summed E-state index contributed by atoms with van der Waals surface area (Å²) in [5.41, 5.74) is 12.2. The fourth-order valence-corrected chi connectivity index (χ4v) is 5.18. The lowest BCUT2D eigenvalue weighted by molar-refractivity contribution is 0.215. The standard InChI is InChI=1S/C27H32N6O3S/c1-5-24-30-25-18(2)16-19(3)29-26(25)33(24)22-10-6-20(7-11-22)14-15-32(4)27(34)31-37(35,36)23-12-8-21(17-28)9-13-23/h6-13,16H,5,14-15,17,28H2,1-4H3,(H,31,34). The number of pyridine rings is 1. The zero-order valence-corrected chi connectivity index (χ0v) is 22.3. The minimum atomic E-state index is -3.97. The van der Waals surface area contributed by atoms with Crippen molar-refractivity contribution in [2.75, 3.05) is 13.6 Å². The second kappa shape index (κ2) is 10.7. The largest absolute Gasteiger partial charge is 0.331 e. The fourth-order valence-electron chi connectivity index (χ4n) is 4.18. The topological polar surface area (TPSA) is 123 Å². The molecule has 0 bridgehead atoms. The summed E-state index contributed by atoms with van der Waals surface area (Å²) in [7, 11) is -2.40. The lowest BCUT2D eigenvalue weighted by Gasteiger charge is -2.18. The van der Waals surface area contributed by atoms with Crippen LogP contribution in [0, 0.1) is 13.8 Å². The Morgan fingerprint density at radius 3 is 2.30 bits per heavy atom. The van der Waals surface area contributed by atoms with Gasteiger partial charge in [0.1, 0.15) is 11.3 Å². The van der Waals surface area contributed by atoms with Gasteiger partial charge in [-0.2, -0.15) is 0 Å².